The summed E-state index contributed by atoms with van der Waals surface area (Å²) in [5, 5.41) is 6.36. The molecule has 0 saturated carbocycles. The van der Waals surface area contributed by atoms with Crippen LogP contribution in [0.15, 0.2) is 89.1 Å². The third-order valence-corrected chi connectivity index (χ3v) is 6.45. The van der Waals surface area contributed by atoms with Crippen molar-refractivity contribution in [2.75, 3.05) is 10.0 Å². The Labute approximate surface area is 166 Å². The van der Waals surface area contributed by atoms with Crippen LogP contribution < -0.4 is 10.0 Å². The predicted octanol–water partition coefficient (Wildman–Crippen LogP) is 4.95. The van der Waals surface area contributed by atoms with Gasteiger partial charge in [0.05, 0.1) is 15.5 Å². The Bertz CT molecular complexity index is 1230. The highest BCUT2D eigenvalue weighted by atomic mass is 32.2. The van der Waals surface area contributed by atoms with Gasteiger partial charge in [-0.1, -0.05) is 42.5 Å². The molecule has 4 rings (SSSR count). The lowest BCUT2D eigenvalue weighted by Gasteiger charge is -2.11. The molecule has 0 saturated heterocycles. The highest BCUT2D eigenvalue weighted by molar-refractivity contribution is 7.92. The summed E-state index contributed by atoms with van der Waals surface area (Å²) in [5.41, 5.74) is 1.05. The molecule has 5 nitrogen and oxygen atoms in total. The number of carbonyl (C=O) groups excluding carboxylic acids is 1. The van der Waals surface area contributed by atoms with Crippen LogP contribution in [-0.4, -0.2) is 14.3 Å². The Kier molecular flexibility index (Phi) is 4.85. The summed E-state index contributed by atoms with van der Waals surface area (Å²) in [6, 6.07) is 22.7. The van der Waals surface area contributed by atoms with Crippen LogP contribution >= 0.6 is 11.3 Å². The van der Waals surface area contributed by atoms with Gasteiger partial charge in [-0.15, -0.1) is 11.3 Å². The average molecular weight is 409 g/mol. The Balaban J connectivity index is 1.55. The first-order valence-electron chi connectivity index (χ1n) is 8.48. The summed E-state index contributed by atoms with van der Waals surface area (Å²) >= 11 is 1.34. The molecule has 0 aliphatic heterocycles. The van der Waals surface area contributed by atoms with Crippen molar-refractivity contribution in [3.63, 3.8) is 0 Å². The first-order valence-corrected chi connectivity index (χ1v) is 10.8. The van der Waals surface area contributed by atoms with Crippen molar-refractivity contribution in [1.29, 1.82) is 0 Å². The number of thiophene rings is 1. The summed E-state index contributed by atoms with van der Waals surface area (Å²) in [7, 11) is -3.75. The molecule has 2 N–H and O–H groups in total. The van der Waals surface area contributed by atoms with Crippen molar-refractivity contribution >= 4 is 49.4 Å². The number of nitrogens with one attached hydrogen (secondary N) is 2. The fourth-order valence-electron chi connectivity index (χ4n) is 2.84. The molecule has 3 aromatic carbocycles. The van der Waals surface area contributed by atoms with Gasteiger partial charge in [0.25, 0.3) is 15.9 Å². The van der Waals surface area contributed by atoms with Crippen molar-refractivity contribution in [3.05, 3.63) is 89.1 Å². The molecule has 28 heavy (non-hydrogen) atoms. The van der Waals surface area contributed by atoms with Gasteiger partial charge < -0.3 is 5.32 Å². The van der Waals surface area contributed by atoms with Crippen LogP contribution in [0.5, 0.6) is 0 Å². The van der Waals surface area contributed by atoms with Crippen molar-refractivity contribution in [3.8, 4) is 0 Å². The Morgan fingerprint density at radius 3 is 2.32 bits per heavy atom. The molecule has 0 aliphatic rings. The summed E-state index contributed by atoms with van der Waals surface area (Å²) in [5.74, 6) is -0.223. The third kappa shape index (κ3) is 3.76. The molecule has 0 radical (unpaired) electrons. The van der Waals surface area contributed by atoms with E-state index in [0.29, 0.717) is 16.3 Å². The molecular weight excluding hydrogens is 392 g/mol. The lowest BCUT2D eigenvalue weighted by atomic mass is 10.1. The van der Waals surface area contributed by atoms with Crippen LogP contribution in [0.1, 0.15) is 9.67 Å². The van der Waals surface area contributed by atoms with E-state index in [-0.39, 0.29) is 10.8 Å². The number of anilines is 2. The standard InChI is InChI=1S/C21H16N2O3S2/c24-21(20-9-4-14-27-20)22-16-10-12-17(13-11-16)28(25,26)23-19-8-3-6-15-5-1-2-7-18(15)19/h1-14,23H,(H,22,24). The Hall–Kier alpha value is -3.16. The molecule has 0 fully saturated rings. The number of hydrogen-bond acceptors (Lipinski definition) is 4. The quantitative estimate of drug-likeness (QED) is 0.490. The van der Waals surface area contributed by atoms with Crippen molar-refractivity contribution in [2.24, 2.45) is 0 Å². The molecule has 1 amide bonds. The van der Waals surface area contributed by atoms with Crippen LogP contribution in [-0.2, 0) is 10.0 Å². The predicted molar refractivity (Wildman–Crippen MR) is 113 cm³/mol. The molecule has 7 heteroatoms. The van der Waals surface area contributed by atoms with Crippen molar-refractivity contribution in [2.45, 2.75) is 4.90 Å². The van der Waals surface area contributed by atoms with Crippen LogP contribution in [0.2, 0.25) is 0 Å². The van der Waals surface area contributed by atoms with Gasteiger partial charge in [0, 0.05) is 11.1 Å². The van der Waals surface area contributed by atoms with Gasteiger partial charge in [-0.05, 0) is 47.2 Å². The van der Waals surface area contributed by atoms with Gasteiger partial charge in [-0.2, -0.15) is 0 Å². The van der Waals surface area contributed by atoms with Gasteiger partial charge in [-0.3, -0.25) is 9.52 Å². The fraction of sp³-hybridized carbons (Fsp3) is 0. The molecule has 0 aliphatic carbocycles. The van der Waals surface area contributed by atoms with Crippen LogP contribution in [0.4, 0.5) is 11.4 Å². The normalized spacial score (nSPS) is 11.3. The van der Waals surface area contributed by atoms with E-state index in [4.69, 9.17) is 0 Å². The Morgan fingerprint density at radius 1 is 0.821 bits per heavy atom. The lowest BCUT2D eigenvalue weighted by Crippen LogP contribution is -2.14. The largest absolute Gasteiger partial charge is 0.321 e. The van der Waals surface area contributed by atoms with E-state index in [1.807, 2.05) is 41.8 Å². The number of amides is 1. The lowest BCUT2D eigenvalue weighted by molar-refractivity contribution is 0.103. The SMILES string of the molecule is O=C(Nc1ccc(S(=O)(=O)Nc2cccc3ccccc23)cc1)c1cccs1. The summed E-state index contributed by atoms with van der Waals surface area (Å²) < 4.78 is 28.2. The molecule has 0 atom stereocenters. The van der Waals surface area contributed by atoms with Gasteiger partial charge in [0.2, 0.25) is 0 Å². The third-order valence-electron chi connectivity index (χ3n) is 4.20. The zero-order valence-corrected chi connectivity index (χ0v) is 16.3. The number of fused-ring (bicyclic) bond motifs is 1. The molecule has 0 spiro atoms. The average Bonchev–Trinajstić information content (AvgIpc) is 3.24. The minimum atomic E-state index is -3.75. The summed E-state index contributed by atoms with van der Waals surface area (Å²) in [6.45, 7) is 0. The number of sulfonamides is 1. The summed E-state index contributed by atoms with van der Waals surface area (Å²) in [4.78, 5) is 12.8. The van der Waals surface area contributed by atoms with Crippen molar-refractivity contribution < 1.29 is 13.2 Å². The maximum absolute atomic E-state index is 12.8. The van der Waals surface area contributed by atoms with E-state index >= 15 is 0 Å². The van der Waals surface area contributed by atoms with E-state index in [2.05, 4.69) is 10.0 Å². The first kappa shape index (κ1) is 18.2. The highest BCUT2D eigenvalue weighted by Crippen LogP contribution is 2.26. The van der Waals surface area contributed by atoms with Gasteiger partial charge >= 0.3 is 0 Å². The minimum Gasteiger partial charge on any atom is -0.321 e. The van der Waals surface area contributed by atoms with E-state index in [9.17, 15) is 13.2 Å². The molecule has 140 valence electrons. The smallest absolute Gasteiger partial charge is 0.265 e. The van der Waals surface area contributed by atoms with Gasteiger partial charge in [-0.25, -0.2) is 8.42 Å². The molecule has 0 bridgehead atoms. The second-order valence-corrected chi connectivity index (χ2v) is 8.72. The van der Waals surface area contributed by atoms with Gasteiger partial charge in [0.15, 0.2) is 0 Å². The highest BCUT2D eigenvalue weighted by Gasteiger charge is 2.16. The second-order valence-electron chi connectivity index (χ2n) is 6.09. The number of hydrogen-bond donors (Lipinski definition) is 2. The fourth-order valence-corrected chi connectivity index (χ4v) is 4.53. The molecule has 4 aromatic rings. The maximum atomic E-state index is 12.8. The van der Waals surface area contributed by atoms with Crippen LogP contribution in [0.25, 0.3) is 10.8 Å². The van der Waals surface area contributed by atoms with Gasteiger partial charge in [0.1, 0.15) is 0 Å². The number of rotatable bonds is 5. The van der Waals surface area contributed by atoms with E-state index < -0.39 is 10.0 Å². The van der Waals surface area contributed by atoms with E-state index in [1.165, 1.54) is 23.5 Å². The second kappa shape index (κ2) is 7.46. The van der Waals surface area contributed by atoms with Crippen LogP contribution in [0, 0.1) is 0 Å². The molecule has 1 aromatic heterocycles. The zero-order valence-electron chi connectivity index (χ0n) is 14.6. The topological polar surface area (TPSA) is 75.3 Å². The Morgan fingerprint density at radius 2 is 1.57 bits per heavy atom. The number of carbonyl (C=O) groups is 1. The molecule has 1 heterocycles. The molecular formula is C21H16N2O3S2. The molecule has 0 unspecified atom stereocenters. The first-order chi connectivity index (χ1) is 13.5. The van der Waals surface area contributed by atoms with E-state index in [0.717, 1.165) is 10.8 Å². The minimum absolute atomic E-state index is 0.120. The van der Waals surface area contributed by atoms with Crippen LogP contribution in [0.3, 0.4) is 0 Å². The maximum Gasteiger partial charge on any atom is 0.265 e. The monoisotopic (exact) mass is 408 g/mol. The van der Waals surface area contributed by atoms with E-state index in [1.54, 1.807) is 30.3 Å². The summed E-state index contributed by atoms with van der Waals surface area (Å²) in [6.07, 6.45) is 0. The number of benzene rings is 3. The van der Waals surface area contributed by atoms with Crippen molar-refractivity contribution in [1.82, 2.24) is 0 Å². The zero-order chi connectivity index (χ0) is 19.6.